The zero-order valence-corrected chi connectivity index (χ0v) is 7.84. The molecule has 0 N–H and O–H groups in total. The Morgan fingerprint density at radius 1 is 0.917 bits per heavy atom. The Hall–Kier alpha value is -0.0400. The Bertz CT molecular complexity index is 162. The van der Waals surface area contributed by atoms with Gasteiger partial charge in [-0.1, -0.05) is 6.42 Å². The minimum Gasteiger partial charge on any atom is -0.303 e. The third-order valence-corrected chi connectivity index (χ3v) is 4.25. The first-order valence-corrected chi connectivity index (χ1v) is 5.67. The van der Waals surface area contributed by atoms with E-state index >= 15 is 0 Å². The van der Waals surface area contributed by atoms with Gasteiger partial charge >= 0.3 is 0 Å². The molecule has 1 nitrogen and oxygen atoms in total. The van der Waals surface area contributed by atoms with E-state index in [0.29, 0.717) is 0 Å². The fourth-order valence-corrected chi connectivity index (χ4v) is 3.50. The van der Waals surface area contributed by atoms with E-state index in [0.717, 1.165) is 5.92 Å². The van der Waals surface area contributed by atoms with Crippen molar-refractivity contribution < 1.29 is 0 Å². The lowest BCUT2D eigenvalue weighted by molar-refractivity contribution is 0.305. The standard InChI is InChI=1S/C11H19N/c1-2-7-12(6-1)8-11-9-4-3-5-10(9)11/h9-11H,1-8H2/t9-,10+,11?. The molecule has 68 valence electrons. The van der Waals surface area contributed by atoms with Crippen LogP contribution in [0.5, 0.6) is 0 Å². The van der Waals surface area contributed by atoms with E-state index in [9.17, 15) is 0 Å². The van der Waals surface area contributed by atoms with E-state index in [1.807, 2.05) is 0 Å². The Morgan fingerprint density at radius 3 is 2.25 bits per heavy atom. The van der Waals surface area contributed by atoms with E-state index in [2.05, 4.69) is 4.90 Å². The van der Waals surface area contributed by atoms with Crippen LogP contribution in [-0.4, -0.2) is 24.5 Å². The molecule has 1 unspecified atom stereocenters. The van der Waals surface area contributed by atoms with Gasteiger partial charge in [-0.05, 0) is 56.5 Å². The summed E-state index contributed by atoms with van der Waals surface area (Å²) in [6.45, 7) is 4.25. The molecular weight excluding hydrogens is 146 g/mol. The van der Waals surface area contributed by atoms with Crippen LogP contribution < -0.4 is 0 Å². The molecule has 3 fully saturated rings. The summed E-state index contributed by atoms with van der Waals surface area (Å²) in [7, 11) is 0. The molecule has 0 aromatic carbocycles. The van der Waals surface area contributed by atoms with Gasteiger partial charge in [0.25, 0.3) is 0 Å². The van der Waals surface area contributed by atoms with Gasteiger partial charge in [0, 0.05) is 6.54 Å². The fourth-order valence-electron chi connectivity index (χ4n) is 3.50. The highest BCUT2D eigenvalue weighted by Crippen LogP contribution is 2.57. The topological polar surface area (TPSA) is 3.24 Å². The van der Waals surface area contributed by atoms with Gasteiger partial charge < -0.3 is 4.90 Å². The van der Waals surface area contributed by atoms with Crippen LogP contribution in [0.15, 0.2) is 0 Å². The highest BCUT2D eigenvalue weighted by atomic mass is 15.1. The van der Waals surface area contributed by atoms with Crippen molar-refractivity contribution in [3.05, 3.63) is 0 Å². The molecular formula is C11H19N. The van der Waals surface area contributed by atoms with E-state index in [1.165, 1.54) is 50.7 Å². The first kappa shape index (κ1) is 7.37. The zero-order chi connectivity index (χ0) is 7.97. The van der Waals surface area contributed by atoms with Gasteiger partial charge in [-0.2, -0.15) is 0 Å². The normalized spacial score (nSPS) is 46.5. The van der Waals surface area contributed by atoms with Gasteiger partial charge in [-0.15, -0.1) is 0 Å². The van der Waals surface area contributed by atoms with Crippen LogP contribution in [0, 0.1) is 17.8 Å². The van der Waals surface area contributed by atoms with Crippen molar-refractivity contribution in [2.45, 2.75) is 32.1 Å². The summed E-state index contributed by atoms with van der Waals surface area (Å²) in [5.41, 5.74) is 0. The zero-order valence-electron chi connectivity index (χ0n) is 7.84. The third kappa shape index (κ3) is 1.10. The summed E-state index contributed by atoms with van der Waals surface area (Å²) in [5.74, 6) is 3.48. The fraction of sp³-hybridized carbons (Fsp3) is 1.00. The Labute approximate surface area is 75.1 Å². The van der Waals surface area contributed by atoms with Gasteiger partial charge in [-0.25, -0.2) is 0 Å². The van der Waals surface area contributed by atoms with Crippen molar-refractivity contribution in [1.82, 2.24) is 4.90 Å². The monoisotopic (exact) mass is 165 g/mol. The smallest absolute Gasteiger partial charge is 0.00152 e. The van der Waals surface area contributed by atoms with E-state index < -0.39 is 0 Å². The number of hydrogen-bond donors (Lipinski definition) is 0. The average molecular weight is 165 g/mol. The average Bonchev–Trinajstić information content (AvgIpc) is 2.59. The van der Waals surface area contributed by atoms with Crippen molar-refractivity contribution in [2.24, 2.45) is 17.8 Å². The number of nitrogens with zero attached hydrogens (tertiary/aromatic N) is 1. The minimum absolute atomic E-state index is 1.14. The molecule has 0 aromatic heterocycles. The molecule has 2 saturated carbocycles. The van der Waals surface area contributed by atoms with Crippen LogP contribution in [0.4, 0.5) is 0 Å². The Kier molecular flexibility index (Phi) is 1.68. The first-order chi connectivity index (χ1) is 5.95. The lowest BCUT2D eigenvalue weighted by Crippen LogP contribution is -2.23. The van der Waals surface area contributed by atoms with Crippen LogP contribution in [-0.2, 0) is 0 Å². The van der Waals surface area contributed by atoms with Crippen LogP contribution in [0.2, 0.25) is 0 Å². The van der Waals surface area contributed by atoms with E-state index in [-0.39, 0.29) is 0 Å². The van der Waals surface area contributed by atoms with Crippen LogP contribution in [0.1, 0.15) is 32.1 Å². The summed E-state index contributed by atoms with van der Waals surface area (Å²) in [6, 6.07) is 0. The molecule has 12 heavy (non-hydrogen) atoms. The molecule has 3 atom stereocenters. The first-order valence-electron chi connectivity index (χ1n) is 5.67. The minimum atomic E-state index is 1.14. The third-order valence-electron chi connectivity index (χ3n) is 4.25. The van der Waals surface area contributed by atoms with Crippen molar-refractivity contribution in [3.63, 3.8) is 0 Å². The Morgan fingerprint density at radius 2 is 1.58 bits per heavy atom. The molecule has 3 rings (SSSR count). The molecule has 0 bridgehead atoms. The molecule has 1 saturated heterocycles. The summed E-state index contributed by atoms with van der Waals surface area (Å²) in [5, 5.41) is 0. The van der Waals surface area contributed by atoms with Gasteiger partial charge in [0.2, 0.25) is 0 Å². The van der Waals surface area contributed by atoms with Gasteiger partial charge in [0.15, 0.2) is 0 Å². The summed E-state index contributed by atoms with van der Waals surface area (Å²) in [4.78, 5) is 2.70. The van der Waals surface area contributed by atoms with Crippen molar-refractivity contribution in [2.75, 3.05) is 19.6 Å². The lowest BCUT2D eigenvalue weighted by Gasteiger charge is -2.15. The van der Waals surface area contributed by atoms with Crippen LogP contribution in [0.25, 0.3) is 0 Å². The molecule has 2 aliphatic carbocycles. The number of rotatable bonds is 2. The lowest BCUT2D eigenvalue weighted by atomic mass is 10.1. The van der Waals surface area contributed by atoms with E-state index in [1.54, 1.807) is 12.8 Å². The predicted molar refractivity (Wildman–Crippen MR) is 50.0 cm³/mol. The molecule has 1 aliphatic heterocycles. The molecule has 0 aromatic rings. The maximum absolute atomic E-state index is 2.70. The quantitative estimate of drug-likeness (QED) is 0.606. The molecule has 1 heteroatoms. The van der Waals surface area contributed by atoms with Gasteiger partial charge in [0.1, 0.15) is 0 Å². The predicted octanol–water partition coefficient (Wildman–Crippen LogP) is 2.13. The van der Waals surface area contributed by atoms with Gasteiger partial charge in [-0.3, -0.25) is 0 Å². The number of hydrogen-bond acceptors (Lipinski definition) is 1. The van der Waals surface area contributed by atoms with Crippen molar-refractivity contribution in [1.29, 1.82) is 0 Å². The largest absolute Gasteiger partial charge is 0.303 e. The summed E-state index contributed by atoms with van der Waals surface area (Å²) < 4.78 is 0. The second kappa shape index (κ2) is 2.73. The highest BCUT2D eigenvalue weighted by Gasteiger charge is 2.52. The summed E-state index contributed by atoms with van der Waals surface area (Å²) >= 11 is 0. The van der Waals surface area contributed by atoms with Crippen LogP contribution in [0.3, 0.4) is 0 Å². The Balaban J connectivity index is 1.50. The molecule has 0 spiro atoms. The van der Waals surface area contributed by atoms with Gasteiger partial charge in [0.05, 0.1) is 0 Å². The number of likely N-dealkylation sites (tertiary alicyclic amines) is 1. The van der Waals surface area contributed by atoms with Crippen molar-refractivity contribution in [3.8, 4) is 0 Å². The van der Waals surface area contributed by atoms with E-state index in [4.69, 9.17) is 0 Å². The molecule has 0 amide bonds. The van der Waals surface area contributed by atoms with Crippen LogP contribution >= 0.6 is 0 Å². The highest BCUT2D eigenvalue weighted by molar-refractivity contribution is 5.02. The molecule has 0 radical (unpaired) electrons. The SMILES string of the molecule is C1C[C@@H]2C(CN3CCCC3)[C@@H]2C1. The second-order valence-corrected chi connectivity index (χ2v) is 4.93. The maximum atomic E-state index is 2.70. The molecule has 3 aliphatic rings. The second-order valence-electron chi connectivity index (χ2n) is 4.93. The number of fused-ring (bicyclic) bond motifs is 1. The molecule has 1 heterocycles. The van der Waals surface area contributed by atoms with Crippen molar-refractivity contribution >= 4 is 0 Å². The summed E-state index contributed by atoms with van der Waals surface area (Å²) in [6.07, 6.45) is 7.57. The maximum Gasteiger partial charge on any atom is 0.00152 e.